The van der Waals surface area contributed by atoms with Crippen molar-refractivity contribution in [3.8, 4) is 0 Å². The molecular formula is C15H14N2OS2. The van der Waals surface area contributed by atoms with E-state index in [0.717, 1.165) is 15.6 Å². The maximum Gasteiger partial charge on any atom is 0.193 e. The molecule has 0 aliphatic rings. The number of hydrogen-bond donors (Lipinski definition) is 0. The van der Waals surface area contributed by atoms with E-state index in [1.807, 2.05) is 22.2 Å². The molecule has 0 amide bonds. The van der Waals surface area contributed by atoms with Gasteiger partial charge in [-0.05, 0) is 19.1 Å². The quantitative estimate of drug-likeness (QED) is 0.675. The number of benzene rings is 1. The van der Waals surface area contributed by atoms with Crippen molar-refractivity contribution in [3.63, 3.8) is 0 Å². The number of fused-ring (bicyclic) bond motifs is 1. The second kappa shape index (κ2) is 5.81. The minimum Gasteiger partial charge on any atom is -0.298 e. The van der Waals surface area contributed by atoms with E-state index in [1.54, 1.807) is 23.1 Å². The van der Waals surface area contributed by atoms with E-state index < -0.39 is 0 Å². The van der Waals surface area contributed by atoms with Crippen LogP contribution in [-0.4, -0.2) is 20.9 Å². The van der Waals surface area contributed by atoms with E-state index in [1.165, 1.54) is 5.56 Å². The molecule has 3 nitrogen and oxygen atoms in total. The van der Waals surface area contributed by atoms with E-state index in [9.17, 15) is 4.79 Å². The van der Waals surface area contributed by atoms with E-state index in [0.29, 0.717) is 12.2 Å². The SMILES string of the molecule is Cc1ccc(SCC(=O)Cc2cn3ccsc3n2)cc1. The highest BCUT2D eigenvalue weighted by atomic mass is 32.2. The van der Waals surface area contributed by atoms with Crippen LogP contribution in [0, 0.1) is 6.92 Å². The Morgan fingerprint density at radius 2 is 2.15 bits per heavy atom. The van der Waals surface area contributed by atoms with Crippen LogP contribution in [-0.2, 0) is 11.2 Å². The van der Waals surface area contributed by atoms with Crippen molar-refractivity contribution in [1.29, 1.82) is 0 Å². The van der Waals surface area contributed by atoms with Gasteiger partial charge < -0.3 is 0 Å². The van der Waals surface area contributed by atoms with Crippen LogP contribution in [0.3, 0.4) is 0 Å². The number of imidazole rings is 1. The molecule has 3 aromatic rings. The number of Topliss-reactive ketones (excluding diaryl/α,β-unsaturated/α-hetero) is 1. The van der Waals surface area contributed by atoms with Crippen molar-refractivity contribution in [2.75, 3.05) is 5.75 Å². The fourth-order valence-corrected chi connectivity index (χ4v) is 3.39. The first kappa shape index (κ1) is 13.4. The Bertz CT molecular complexity index is 699. The number of carbonyl (C=O) groups is 1. The molecule has 0 unspecified atom stereocenters. The molecule has 0 saturated heterocycles. The van der Waals surface area contributed by atoms with Crippen molar-refractivity contribution in [3.05, 3.63) is 53.3 Å². The molecule has 0 radical (unpaired) electrons. The summed E-state index contributed by atoms with van der Waals surface area (Å²) in [5.41, 5.74) is 2.09. The van der Waals surface area contributed by atoms with Crippen LogP contribution in [0.5, 0.6) is 0 Å². The van der Waals surface area contributed by atoms with Gasteiger partial charge in [-0.25, -0.2) is 4.98 Å². The number of nitrogens with zero attached hydrogens (tertiary/aromatic N) is 2. The normalized spacial score (nSPS) is 11.1. The number of thiazole rings is 1. The lowest BCUT2D eigenvalue weighted by Crippen LogP contribution is -2.05. The van der Waals surface area contributed by atoms with Crippen molar-refractivity contribution in [2.24, 2.45) is 0 Å². The van der Waals surface area contributed by atoms with E-state index in [2.05, 4.69) is 36.2 Å². The third-order valence-corrected chi connectivity index (χ3v) is 4.78. The summed E-state index contributed by atoms with van der Waals surface area (Å²) in [7, 11) is 0. The van der Waals surface area contributed by atoms with Crippen molar-refractivity contribution < 1.29 is 4.79 Å². The first-order chi connectivity index (χ1) is 9.70. The van der Waals surface area contributed by atoms with Gasteiger partial charge in [-0.15, -0.1) is 23.1 Å². The Morgan fingerprint density at radius 1 is 1.35 bits per heavy atom. The molecule has 5 heteroatoms. The van der Waals surface area contributed by atoms with Gasteiger partial charge in [-0.2, -0.15) is 0 Å². The Labute approximate surface area is 125 Å². The molecule has 2 heterocycles. The van der Waals surface area contributed by atoms with Gasteiger partial charge in [0.25, 0.3) is 0 Å². The van der Waals surface area contributed by atoms with Gasteiger partial charge in [0, 0.05) is 22.7 Å². The molecule has 0 aliphatic carbocycles. The van der Waals surface area contributed by atoms with Crippen LogP contribution in [0.25, 0.3) is 4.96 Å². The first-order valence-corrected chi connectivity index (χ1v) is 8.19. The average Bonchev–Trinajstić information content (AvgIpc) is 2.99. The largest absolute Gasteiger partial charge is 0.298 e. The molecule has 0 saturated carbocycles. The zero-order valence-corrected chi connectivity index (χ0v) is 12.7. The standard InChI is InChI=1S/C15H14N2OS2/c1-11-2-4-14(5-3-11)20-10-13(18)8-12-9-17-6-7-19-15(17)16-12/h2-7,9H,8,10H2,1H3. The summed E-state index contributed by atoms with van der Waals surface area (Å²) < 4.78 is 1.96. The lowest BCUT2D eigenvalue weighted by atomic mass is 10.2. The Kier molecular flexibility index (Phi) is 3.89. The van der Waals surface area contributed by atoms with Gasteiger partial charge in [0.05, 0.1) is 17.9 Å². The number of rotatable bonds is 5. The molecule has 0 aliphatic heterocycles. The number of carbonyl (C=O) groups excluding carboxylic acids is 1. The minimum absolute atomic E-state index is 0.210. The summed E-state index contributed by atoms with van der Waals surface area (Å²) in [4.78, 5) is 18.5. The summed E-state index contributed by atoms with van der Waals surface area (Å²) in [6, 6.07) is 8.24. The second-order valence-corrected chi connectivity index (χ2v) is 6.56. The Morgan fingerprint density at radius 3 is 2.90 bits per heavy atom. The van der Waals surface area contributed by atoms with Crippen LogP contribution in [0.4, 0.5) is 0 Å². The summed E-state index contributed by atoms with van der Waals surface area (Å²) >= 11 is 3.17. The van der Waals surface area contributed by atoms with E-state index in [-0.39, 0.29) is 5.78 Å². The van der Waals surface area contributed by atoms with Crippen molar-refractivity contribution in [2.45, 2.75) is 18.2 Å². The molecule has 102 valence electrons. The van der Waals surface area contributed by atoms with Gasteiger partial charge in [0.1, 0.15) is 5.78 Å². The van der Waals surface area contributed by atoms with Gasteiger partial charge in [-0.1, -0.05) is 17.7 Å². The molecule has 0 fully saturated rings. The van der Waals surface area contributed by atoms with Crippen LogP contribution < -0.4 is 0 Å². The fraction of sp³-hybridized carbons (Fsp3) is 0.200. The number of aromatic nitrogens is 2. The van der Waals surface area contributed by atoms with Crippen LogP contribution in [0.2, 0.25) is 0 Å². The Hall–Kier alpha value is -1.59. The summed E-state index contributed by atoms with van der Waals surface area (Å²) in [6.07, 6.45) is 4.30. The van der Waals surface area contributed by atoms with Crippen LogP contribution >= 0.6 is 23.1 Å². The highest BCUT2D eigenvalue weighted by molar-refractivity contribution is 8.00. The van der Waals surface area contributed by atoms with E-state index >= 15 is 0 Å². The lowest BCUT2D eigenvalue weighted by molar-refractivity contribution is -0.116. The zero-order chi connectivity index (χ0) is 13.9. The predicted molar refractivity (Wildman–Crippen MR) is 83.7 cm³/mol. The summed E-state index contributed by atoms with van der Waals surface area (Å²) in [5.74, 6) is 0.704. The van der Waals surface area contributed by atoms with Gasteiger partial charge >= 0.3 is 0 Å². The number of thioether (sulfide) groups is 1. The van der Waals surface area contributed by atoms with Crippen LogP contribution in [0.1, 0.15) is 11.3 Å². The van der Waals surface area contributed by atoms with Gasteiger partial charge in [0.15, 0.2) is 4.96 Å². The Balaban J connectivity index is 1.57. The third-order valence-electron chi connectivity index (χ3n) is 2.94. The minimum atomic E-state index is 0.210. The average molecular weight is 302 g/mol. The molecule has 20 heavy (non-hydrogen) atoms. The molecule has 0 atom stereocenters. The maximum atomic E-state index is 12.0. The van der Waals surface area contributed by atoms with Crippen molar-refractivity contribution >= 4 is 33.8 Å². The molecule has 3 rings (SSSR count). The molecular weight excluding hydrogens is 288 g/mol. The monoisotopic (exact) mass is 302 g/mol. The summed E-state index contributed by atoms with van der Waals surface area (Å²) in [5, 5.41) is 1.99. The van der Waals surface area contributed by atoms with Crippen molar-refractivity contribution in [1.82, 2.24) is 9.38 Å². The number of hydrogen-bond acceptors (Lipinski definition) is 4. The highest BCUT2D eigenvalue weighted by Crippen LogP contribution is 2.19. The second-order valence-electron chi connectivity index (χ2n) is 4.64. The zero-order valence-electron chi connectivity index (χ0n) is 11.1. The third kappa shape index (κ3) is 3.11. The molecule has 2 aromatic heterocycles. The lowest BCUT2D eigenvalue weighted by Gasteiger charge is -2.01. The highest BCUT2D eigenvalue weighted by Gasteiger charge is 2.09. The topological polar surface area (TPSA) is 34.4 Å². The van der Waals surface area contributed by atoms with E-state index in [4.69, 9.17) is 0 Å². The fourth-order valence-electron chi connectivity index (χ4n) is 1.91. The van der Waals surface area contributed by atoms with Crippen LogP contribution in [0.15, 0.2) is 46.9 Å². The first-order valence-electron chi connectivity index (χ1n) is 6.33. The predicted octanol–water partition coefficient (Wildman–Crippen LogP) is 3.61. The van der Waals surface area contributed by atoms with Gasteiger partial charge in [-0.3, -0.25) is 9.20 Å². The molecule has 1 aromatic carbocycles. The maximum absolute atomic E-state index is 12.0. The smallest absolute Gasteiger partial charge is 0.193 e. The number of ketones is 1. The summed E-state index contributed by atoms with van der Waals surface area (Å²) in [6.45, 7) is 2.06. The van der Waals surface area contributed by atoms with Gasteiger partial charge in [0.2, 0.25) is 0 Å². The molecule has 0 bridgehead atoms. The molecule has 0 N–H and O–H groups in total. The molecule has 0 spiro atoms. The number of aryl methyl sites for hydroxylation is 1.